The lowest BCUT2D eigenvalue weighted by Crippen LogP contribution is -2.30. The summed E-state index contributed by atoms with van der Waals surface area (Å²) in [6, 6.07) is 0. The first-order valence-corrected chi connectivity index (χ1v) is 3.87. The summed E-state index contributed by atoms with van der Waals surface area (Å²) in [6.07, 6.45) is 2.09. The minimum Gasteiger partial charge on any atom is -0.379 e. The van der Waals surface area contributed by atoms with E-state index in [0.717, 1.165) is 12.8 Å². The monoisotopic (exact) mass is 143 g/mol. The molecular formula is C7H13NO2. The Kier molecular flexibility index (Phi) is 1.44. The Morgan fingerprint density at radius 3 is 3.10 bits per heavy atom. The second-order valence-electron chi connectivity index (χ2n) is 3.26. The fourth-order valence-electron chi connectivity index (χ4n) is 1.55. The number of fused-ring (bicyclic) bond motifs is 1. The zero-order valence-electron chi connectivity index (χ0n) is 6.08. The van der Waals surface area contributed by atoms with Gasteiger partial charge in [0.15, 0.2) is 0 Å². The van der Waals surface area contributed by atoms with Gasteiger partial charge in [0.2, 0.25) is 0 Å². The molecule has 2 heterocycles. The highest BCUT2D eigenvalue weighted by atomic mass is 16.6. The maximum absolute atomic E-state index is 9.21. The van der Waals surface area contributed by atoms with E-state index >= 15 is 0 Å². The first kappa shape index (κ1) is 6.58. The van der Waals surface area contributed by atoms with Crippen LogP contribution in [0, 0.1) is 5.92 Å². The van der Waals surface area contributed by atoms with Gasteiger partial charge >= 0.3 is 0 Å². The van der Waals surface area contributed by atoms with Crippen LogP contribution in [0.5, 0.6) is 0 Å². The van der Waals surface area contributed by atoms with Gasteiger partial charge in [-0.1, -0.05) is 6.92 Å². The topological polar surface area (TPSA) is 44.8 Å². The molecule has 0 radical (unpaired) electrons. The number of aliphatic hydroxyl groups is 1. The van der Waals surface area contributed by atoms with Crippen molar-refractivity contribution in [3.05, 3.63) is 0 Å². The van der Waals surface area contributed by atoms with Crippen molar-refractivity contribution >= 4 is 0 Å². The van der Waals surface area contributed by atoms with E-state index in [0.29, 0.717) is 12.0 Å². The SMILES string of the molecule is CC1CCC(O)NC2OC12. The van der Waals surface area contributed by atoms with Crippen LogP contribution < -0.4 is 5.32 Å². The van der Waals surface area contributed by atoms with Gasteiger partial charge in [-0.15, -0.1) is 0 Å². The van der Waals surface area contributed by atoms with Crippen molar-refractivity contribution in [2.75, 3.05) is 0 Å². The fraction of sp³-hybridized carbons (Fsp3) is 1.00. The molecule has 0 spiro atoms. The summed E-state index contributed by atoms with van der Waals surface area (Å²) in [4.78, 5) is 0. The van der Waals surface area contributed by atoms with Crippen LogP contribution in [0.2, 0.25) is 0 Å². The highest BCUT2D eigenvalue weighted by molar-refractivity contribution is 4.90. The van der Waals surface area contributed by atoms with Gasteiger partial charge in [-0.05, 0) is 18.8 Å². The molecule has 0 aromatic heterocycles. The number of aliphatic hydroxyl groups excluding tert-OH is 1. The standard InChI is InChI=1S/C7H13NO2/c1-4-2-3-5(9)8-7-6(4)10-7/h4-9H,2-3H2,1H3. The van der Waals surface area contributed by atoms with Crippen LogP contribution >= 0.6 is 0 Å². The van der Waals surface area contributed by atoms with Crippen LogP contribution in [0.15, 0.2) is 0 Å². The number of epoxide rings is 1. The Balaban J connectivity index is 1.97. The van der Waals surface area contributed by atoms with Crippen LogP contribution in [-0.2, 0) is 4.74 Å². The molecule has 0 bridgehead atoms. The molecule has 3 heteroatoms. The lowest BCUT2D eigenvalue weighted by molar-refractivity contribution is 0.101. The molecule has 2 aliphatic heterocycles. The molecule has 3 nitrogen and oxygen atoms in total. The Labute approximate surface area is 60.4 Å². The van der Waals surface area contributed by atoms with Crippen molar-refractivity contribution < 1.29 is 9.84 Å². The fourth-order valence-corrected chi connectivity index (χ4v) is 1.55. The number of hydrogen-bond donors (Lipinski definition) is 2. The molecule has 2 N–H and O–H groups in total. The molecule has 2 saturated heterocycles. The van der Waals surface area contributed by atoms with Crippen molar-refractivity contribution in [2.45, 2.75) is 38.3 Å². The summed E-state index contributed by atoms with van der Waals surface area (Å²) < 4.78 is 5.27. The maximum Gasteiger partial charge on any atom is 0.137 e. The van der Waals surface area contributed by atoms with Gasteiger partial charge in [0.25, 0.3) is 0 Å². The third-order valence-electron chi connectivity index (χ3n) is 2.34. The second kappa shape index (κ2) is 2.19. The zero-order chi connectivity index (χ0) is 7.14. The van der Waals surface area contributed by atoms with Crippen molar-refractivity contribution in [1.82, 2.24) is 5.32 Å². The molecule has 0 amide bonds. The van der Waals surface area contributed by atoms with E-state index in [1.807, 2.05) is 0 Å². The smallest absolute Gasteiger partial charge is 0.137 e. The van der Waals surface area contributed by atoms with Crippen LogP contribution in [0.4, 0.5) is 0 Å². The Morgan fingerprint density at radius 1 is 1.50 bits per heavy atom. The van der Waals surface area contributed by atoms with Crippen LogP contribution in [0.1, 0.15) is 19.8 Å². The molecule has 10 heavy (non-hydrogen) atoms. The summed E-state index contributed by atoms with van der Waals surface area (Å²) in [5.74, 6) is 0.606. The summed E-state index contributed by atoms with van der Waals surface area (Å²) in [5.41, 5.74) is 0. The van der Waals surface area contributed by atoms with Gasteiger partial charge in [0.1, 0.15) is 18.6 Å². The average Bonchev–Trinajstić information content (AvgIpc) is 2.60. The van der Waals surface area contributed by atoms with E-state index in [2.05, 4.69) is 12.2 Å². The van der Waals surface area contributed by atoms with Gasteiger partial charge in [-0.2, -0.15) is 0 Å². The minimum absolute atomic E-state index is 0.146. The van der Waals surface area contributed by atoms with Crippen LogP contribution in [0.3, 0.4) is 0 Å². The summed E-state index contributed by atoms with van der Waals surface area (Å²) in [7, 11) is 0. The minimum atomic E-state index is -0.347. The van der Waals surface area contributed by atoms with E-state index in [4.69, 9.17) is 4.74 Å². The van der Waals surface area contributed by atoms with Crippen LogP contribution in [0.25, 0.3) is 0 Å². The van der Waals surface area contributed by atoms with Crippen molar-refractivity contribution in [3.63, 3.8) is 0 Å². The van der Waals surface area contributed by atoms with Gasteiger partial charge < -0.3 is 9.84 Å². The molecule has 58 valence electrons. The van der Waals surface area contributed by atoms with E-state index in [1.165, 1.54) is 0 Å². The van der Waals surface area contributed by atoms with Crippen molar-refractivity contribution in [3.8, 4) is 0 Å². The largest absolute Gasteiger partial charge is 0.379 e. The molecular weight excluding hydrogens is 130 g/mol. The normalized spacial score (nSPS) is 53.4. The van der Waals surface area contributed by atoms with E-state index < -0.39 is 0 Å². The third-order valence-corrected chi connectivity index (χ3v) is 2.34. The molecule has 0 aliphatic carbocycles. The molecule has 4 unspecified atom stereocenters. The Bertz CT molecular complexity index is 140. The van der Waals surface area contributed by atoms with E-state index in [9.17, 15) is 5.11 Å². The maximum atomic E-state index is 9.21. The molecule has 0 saturated carbocycles. The molecule has 2 aliphatic rings. The van der Waals surface area contributed by atoms with Crippen molar-refractivity contribution in [1.29, 1.82) is 0 Å². The van der Waals surface area contributed by atoms with Gasteiger partial charge in [-0.25, -0.2) is 0 Å². The van der Waals surface area contributed by atoms with Crippen molar-refractivity contribution in [2.24, 2.45) is 5.92 Å². The average molecular weight is 143 g/mol. The lowest BCUT2D eigenvalue weighted by Gasteiger charge is -2.08. The molecule has 4 atom stereocenters. The number of ether oxygens (including phenoxy) is 1. The molecule has 0 aromatic carbocycles. The predicted octanol–water partition coefficient (Wildman–Crippen LogP) is 0.0492. The highest BCUT2D eigenvalue weighted by Crippen LogP contribution is 2.33. The first-order chi connectivity index (χ1) is 4.77. The van der Waals surface area contributed by atoms with Crippen LogP contribution in [-0.4, -0.2) is 23.7 Å². The second-order valence-corrected chi connectivity index (χ2v) is 3.26. The van der Waals surface area contributed by atoms with Gasteiger partial charge in [-0.3, -0.25) is 5.32 Å². The highest BCUT2D eigenvalue weighted by Gasteiger charge is 2.45. The van der Waals surface area contributed by atoms with E-state index in [-0.39, 0.29) is 12.5 Å². The quantitative estimate of drug-likeness (QED) is 0.471. The van der Waals surface area contributed by atoms with E-state index in [1.54, 1.807) is 0 Å². The number of rotatable bonds is 0. The molecule has 0 aromatic rings. The molecule has 2 rings (SSSR count). The Morgan fingerprint density at radius 2 is 2.30 bits per heavy atom. The summed E-state index contributed by atoms with van der Waals surface area (Å²) in [6.45, 7) is 2.17. The van der Waals surface area contributed by atoms with Gasteiger partial charge in [0, 0.05) is 0 Å². The predicted molar refractivity (Wildman–Crippen MR) is 36.2 cm³/mol. The Hall–Kier alpha value is -0.120. The zero-order valence-corrected chi connectivity index (χ0v) is 6.08. The third kappa shape index (κ3) is 1.05. The summed E-state index contributed by atoms with van der Waals surface area (Å²) in [5, 5.41) is 12.2. The number of nitrogens with one attached hydrogen (secondary N) is 1. The van der Waals surface area contributed by atoms with Gasteiger partial charge in [0.05, 0.1) is 0 Å². The number of hydrogen-bond acceptors (Lipinski definition) is 3. The lowest BCUT2D eigenvalue weighted by atomic mass is 10.0. The first-order valence-electron chi connectivity index (χ1n) is 3.87. The molecule has 2 fully saturated rings. The summed E-state index contributed by atoms with van der Waals surface area (Å²) >= 11 is 0.